The second-order valence-corrected chi connectivity index (χ2v) is 8.08. The molecular formula is C20H20N4OS. The number of rotatable bonds is 1. The molecule has 0 aliphatic carbocycles. The molecule has 1 amide bonds. The van der Waals surface area contributed by atoms with Crippen molar-refractivity contribution in [2.75, 3.05) is 29.9 Å². The molecule has 26 heavy (non-hydrogen) atoms. The van der Waals surface area contributed by atoms with Gasteiger partial charge >= 0.3 is 0 Å². The third-order valence-corrected chi connectivity index (χ3v) is 6.63. The van der Waals surface area contributed by atoms with Gasteiger partial charge in [-0.25, -0.2) is 9.97 Å². The van der Waals surface area contributed by atoms with Crippen molar-refractivity contribution in [3.63, 3.8) is 0 Å². The second kappa shape index (κ2) is 5.51. The number of aryl methyl sites for hydroxylation is 1. The third kappa shape index (κ3) is 2.05. The van der Waals surface area contributed by atoms with E-state index < -0.39 is 0 Å². The highest BCUT2D eigenvalue weighted by Gasteiger charge is 2.51. The molecule has 4 heterocycles. The first-order valence-corrected chi connectivity index (χ1v) is 9.82. The number of carbonyl (C=O) groups excluding carboxylic acids is 1. The number of benzene rings is 1. The molecule has 1 spiro atoms. The normalized spacial score (nSPS) is 18.8. The van der Waals surface area contributed by atoms with E-state index in [4.69, 9.17) is 4.98 Å². The van der Waals surface area contributed by atoms with Crippen molar-refractivity contribution in [1.29, 1.82) is 0 Å². The molecule has 2 aliphatic heterocycles. The Balaban J connectivity index is 1.50. The summed E-state index contributed by atoms with van der Waals surface area (Å²) in [5.41, 5.74) is 1.87. The zero-order valence-corrected chi connectivity index (χ0v) is 15.7. The predicted molar refractivity (Wildman–Crippen MR) is 105 cm³/mol. The number of carbonyl (C=O) groups is 1. The molecule has 1 aromatic carbocycles. The fraction of sp³-hybridized carbons (Fsp3) is 0.350. The summed E-state index contributed by atoms with van der Waals surface area (Å²) in [6.07, 6.45) is 1.64. The maximum Gasteiger partial charge on any atom is 0.237 e. The number of piperidine rings is 1. The monoisotopic (exact) mass is 364 g/mol. The fourth-order valence-electron chi connectivity index (χ4n) is 4.48. The fourth-order valence-corrected chi connectivity index (χ4v) is 5.29. The van der Waals surface area contributed by atoms with Gasteiger partial charge in [-0.15, -0.1) is 11.3 Å². The molecule has 2 aliphatic rings. The van der Waals surface area contributed by atoms with E-state index in [1.54, 1.807) is 11.3 Å². The number of likely N-dealkylation sites (N-methyl/N-ethyl adjacent to an activating group) is 1. The van der Waals surface area contributed by atoms with Crippen LogP contribution in [0.3, 0.4) is 0 Å². The van der Waals surface area contributed by atoms with E-state index in [9.17, 15) is 4.79 Å². The number of aromatic nitrogens is 2. The maximum atomic E-state index is 13.1. The molecule has 1 fully saturated rings. The summed E-state index contributed by atoms with van der Waals surface area (Å²) >= 11 is 1.65. The highest BCUT2D eigenvalue weighted by atomic mass is 32.1. The van der Waals surface area contributed by atoms with Gasteiger partial charge in [0.25, 0.3) is 0 Å². The molecule has 0 bridgehead atoms. The average Bonchev–Trinajstić information content (AvgIpc) is 3.21. The van der Waals surface area contributed by atoms with Crippen LogP contribution in [0.15, 0.2) is 35.7 Å². The lowest BCUT2D eigenvalue weighted by molar-refractivity contribution is -0.123. The Morgan fingerprint density at radius 3 is 2.69 bits per heavy atom. The molecule has 0 radical (unpaired) electrons. The summed E-state index contributed by atoms with van der Waals surface area (Å²) in [5, 5.41) is 3.19. The number of nitrogens with zero attached hydrogens (tertiary/aromatic N) is 4. The Hall–Kier alpha value is -2.47. The van der Waals surface area contributed by atoms with Crippen molar-refractivity contribution >= 4 is 39.0 Å². The van der Waals surface area contributed by atoms with Crippen LogP contribution in [0.5, 0.6) is 0 Å². The van der Waals surface area contributed by atoms with Crippen molar-refractivity contribution in [2.45, 2.75) is 25.2 Å². The van der Waals surface area contributed by atoms with E-state index in [0.29, 0.717) is 0 Å². The molecule has 5 rings (SSSR count). The Labute approximate surface area is 156 Å². The van der Waals surface area contributed by atoms with E-state index in [1.807, 2.05) is 31.0 Å². The van der Waals surface area contributed by atoms with Gasteiger partial charge in [0.2, 0.25) is 5.91 Å². The van der Waals surface area contributed by atoms with Crippen molar-refractivity contribution < 1.29 is 4.79 Å². The molecule has 2 aromatic heterocycles. The Bertz CT molecular complexity index is 1020. The first kappa shape index (κ1) is 15.8. The third-order valence-electron chi connectivity index (χ3n) is 5.83. The molecule has 5 nitrogen and oxygen atoms in total. The summed E-state index contributed by atoms with van der Waals surface area (Å²) in [5.74, 6) is 2.05. The first-order valence-electron chi connectivity index (χ1n) is 8.95. The van der Waals surface area contributed by atoms with Crippen LogP contribution in [-0.2, 0) is 10.2 Å². The summed E-state index contributed by atoms with van der Waals surface area (Å²) in [6, 6.07) is 10.3. The van der Waals surface area contributed by atoms with Crippen LogP contribution in [0.4, 0.5) is 11.5 Å². The van der Waals surface area contributed by atoms with E-state index in [-0.39, 0.29) is 11.3 Å². The number of hydrogen-bond acceptors (Lipinski definition) is 5. The molecule has 1 saturated heterocycles. The summed E-state index contributed by atoms with van der Waals surface area (Å²) in [7, 11) is 1.89. The highest BCUT2D eigenvalue weighted by molar-refractivity contribution is 7.16. The topological polar surface area (TPSA) is 49.3 Å². The number of para-hydroxylation sites is 1. The number of fused-ring (bicyclic) bond motifs is 3. The van der Waals surface area contributed by atoms with Gasteiger partial charge in [-0.05, 0) is 42.8 Å². The largest absolute Gasteiger partial charge is 0.356 e. The van der Waals surface area contributed by atoms with Gasteiger partial charge < -0.3 is 9.80 Å². The average molecular weight is 364 g/mol. The number of hydrogen-bond donors (Lipinski definition) is 0. The van der Waals surface area contributed by atoms with Crippen LogP contribution in [0, 0.1) is 6.92 Å². The van der Waals surface area contributed by atoms with Crippen LogP contribution >= 0.6 is 11.3 Å². The van der Waals surface area contributed by atoms with Gasteiger partial charge in [-0.1, -0.05) is 18.2 Å². The van der Waals surface area contributed by atoms with E-state index >= 15 is 0 Å². The van der Waals surface area contributed by atoms with Gasteiger partial charge in [-0.3, -0.25) is 4.79 Å². The maximum absolute atomic E-state index is 13.1. The number of amides is 1. The zero-order valence-electron chi connectivity index (χ0n) is 14.9. The summed E-state index contributed by atoms with van der Waals surface area (Å²) < 4.78 is 0. The Morgan fingerprint density at radius 1 is 1.12 bits per heavy atom. The first-order chi connectivity index (χ1) is 12.6. The summed E-state index contributed by atoms with van der Waals surface area (Å²) in [4.78, 5) is 27.5. The van der Waals surface area contributed by atoms with Crippen LogP contribution in [0.2, 0.25) is 0 Å². The molecule has 0 N–H and O–H groups in total. The number of anilines is 2. The molecule has 6 heteroatoms. The van der Waals surface area contributed by atoms with Gasteiger partial charge in [0.05, 0.1) is 10.8 Å². The van der Waals surface area contributed by atoms with Crippen LogP contribution in [0.1, 0.15) is 24.2 Å². The SMILES string of the molecule is Cc1nc(N2CCC3(CC2)C(=O)N(C)c2ccccc23)c2ccsc2n1. The molecule has 132 valence electrons. The highest BCUT2D eigenvalue weighted by Crippen LogP contribution is 2.47. The van der Waals surface area contributed by atoms with Crippen molar-refractivity contribution in [3.05, 3.63) is 47.1 Å². The Kier molecular flexibility index (Phi) is 3.34. The predicted octanol–water partition coefficient (Wildman–Crippen LogP) is 3.51. The van der Waals surface area contributed by atoms with Crippen molar-refractivity contribution in [1.82, 2.24) is 9.97 Å². The molecule has 3 aromatic rings. The summed E-state index contributed by atoms with van der Waals surface area (Å²) in [6.45, 7) is 3.60. The van der Waals surface area contributed by atoms with Gasteiger partial charge in [0.1, 0.15) is 16.5 Å². The van der Waals surface area contributed by atoms with Crippen LogP contribution in [0.25, 0.3) is 10.2 Å². The zero-order chi connectivity index (χ0) is 17.9. The molecule has 0 saturated carbocycles. The standard InChI is InChI=1S/C20H20N4OS/c1-13-21-17(14-7-12-26-18(14)22-13)24-10-8-20(9-11-24)15-5-3-4-6-16(15)23(2)19(20)25/h3-7,12H,8-11H2,1-2H3. The molecule has 0 atom stereocenters. The van der Waals surface area contributed by atoms with Gasteiger partial charge in [0, 0.05) is 25.8 Å². The lowest BCUT2D eigenvalue weighted by Crippen LogP contribution is -2.48. The lowest BCUT2D eigenvalue weighted by Gasteiger charge is -2.39. The van der Waals surface area contributed by atoms with Crippen LogP contribution in [-0.4, -0.2) is 36.0 Å². The minimum absolute atomic E-state index is 0.234. The smallest absolute Gasteiger partial charge is 0.237 e. The van der Waals surface area contributed by atoms with Crippen molar-refractivity contribution in [2.24, 2.45) is 0 Å². The van der Waals surface area contributed by atoms with Crippen molar-refractivity contribution in [3.8, 4) is 0 Å². The second-order valence-electron chi connectivity index (χ2n) is 7.18. The van der Waals surface area contributed by atoms with E-state index in [1.165, 1.54) is 5.56 Å². The quantitative estimate of drug-likeness (QED) is 0.663. The Morgan fingerprint density at radius 2 is 1.88 bits per heavy atom. The van der Waals surface area contributed by atoms with Crippen LogP contribution < -0.4 is 9.80 Å². The van der Waals surface area contributed by atoms with E-state index in [0.717, 1.165) is 53.5 Å². The number of thiophene rings is 1. The van der Waals surface area contributed by atoms with Gasteiger partial charge in [0.15, 0.2) is 0 Å². The van der Waals surface area contributed by atoms with Gasteiger partial charge in [-0.2, -0.15) is 0 Å². The minimum Gasteiger partial charge on any atom is -0.356 e. The molecule has 0 unspecified atom stereocenters. The minimum atomic E-state index is -0.377. The molecular weight excluding hydrogens is 344 g/mol. The van der Waals surface area contributed by atoms with E-state index in [2.05, 4.69) is 33.5 Å². The lowest BCUT2D eigenvalue weighted by atomic mass is 9.73.